The molecule has 4 rings (SSSR count). The summed E-state index contributed by atoms with van der Waals surface area (Å²) in [7, 11) is 0. The smallest absolute Gasteiger partial charge is 0.186 e. The molecule has 0 N–H and O–H groups in total. The second-order valence-corrected chi connectivity index (χ2v) is 11.7. The van der Waals surface area contributed by atoms with E-state index in [4.69, 9.17) is 18.9 Å². The molecular weight excluding hydrogens is 603 g/mol. The van der Waals surface area contributed by atoms with Crippen LogP contribution in [0.1, 0.15) is 79.8 Å². The Morgan fingerprint density at radius 1 is 0.542 bits per heavy atom. The SMILES string of the molecule is C=Cc1ccc(OCCCCCCCCCCOc2ccc(OCCOc3ccc(C(C)=CC(=O)c4ccc(F)cc4)cc3)cc2)cc1. The van der Waals surface area contributed by atoms with Gasteiger partial charge >= 0.3 is 0 Å². The Morgan fingerprint density at radius 2 is 0.917 bits per heavy atom. The molecule has 4 aromatic carbocycles. The molecule has 0 aromatic heterocycles. The lowest BCUT2D eigenvalue weighted by atomic mass is 10.0. The van der Waals surface area contributed by atoms with Crippen molar-refractivity contribution in [2.24, 2.45) is 0 Å². The molecule has 4 aromatic rings. The summed E-state index contributed by atoms with van der Waals surface area (Å²) in [4.78, 5) is 12.4. The van der Waals surface area contributed by atoms with Crippen LogP contribution >= 0.6 is 0 Å². The van der Waals surface area contributed by atoms with Crippen LogP contribution in [0.2, 0.25) is 0 Å². The Labute approximate surface area is 285 Å². The van der Waals surface area contributed by atoms with Crippen molar-refractivity contribution in [1.29, 1.82) is 0 Å². The molecule has 0 bridgehead atoms. The highest BCUT2D eigenvalue weighted by Gasteiger charge is 2.06. The first-order valence-electron chi connectivity index (χ1n) is 16.9. The van der Waals surface area contributed by atoms with E-state index in [1.807, 2.05) is 85.8 Å². The van der Waals surface area contributed by atoms with Gasteiger partial charge in [-0.15, -0.1) is 0 Å². The standard InChI is InChI=1S/C42H47FO5/c1-3-34-12-20-38(21-13-34)45-28-10-8-6-4-5-7-9-11-29-46-40-24-26-41(27-25-40)48-31-30-47-39-22-16-35(17-23-39)33(2)32-42(44)36-14-18-37(43)19-15-36/h3,12-27,32H,1,4-11,28-31H2,2H3. The van der Waals surface area contributed by atoms with Crippen molar-refractivity contribution >= 4 is 17.4 Å². The van der Waals surface area contributed by atoms with E-state index >= 15 is 0 Å². The average molecular weight is 651 g/mol. The average Bonchev–Trinajstić information content (AvgIpc) is 3.12. The molecule has 0 unspecified atom stereocenters. The summed E-state index contributed by atoms with van der Waals surface area (Å²) in [6, 6.07) is 28.8. The van der Waals surface area contributed by atoms with Crippen molar-refractivity contribution < 1.29 is 28.1 Å². The zero-order chi connectivity index (χ0) is 33.8. The maximum atomic E-state index is 13.1. The normalized spacial score (nSPS) is 11.2. The number of ether oxygens (including phenoxy) is 4. The summed E-state index contributed by atoms with van der Waals surface area (Å²) in [5.74, 6) is 2.73. The number of unbranched alkanes of at least 4 members (excludes halogenated alkanes) is 7. The summed E-state index contributed by atoms with van der Waals surface area (Å²) in [6.07, 6.45) is 13.0. The Morgan fingerprint density at radius 3 is 1.38 bits per heavy atom. The lowest BCUT2D eigenvalue weighted by Gasteiger charge is -2.10. The van der Waals surface area contributed by atoms with E-state index in [1.165, 1.54) is 62.8 Å². The molecule has 252 valence electrons. The van der Waals surface area contributed by atoms with Crippen molar-refractivity contribution in [2.75, 3.05) is 26.4 Å². The molecule has 0 heterocycles. The van der Waals surface area contributed by atoms with Gasteiger partial charge in [-0.3, -0.25) is 4.79 Å². The van der Waals surface area contributed by atoms with Gasteiger partial charge in [0.1, 0.15) is 42.0 Å². The summed E-state index contributed by atoms with van der Waals surface area (Å²) in [5.41, 5.74) is 3.29. The molecule has 0 saturated heterocycles. The van der Waals surface area contributed by atoms with Gasteiger partial charge in [-0.1, -0.05) is 75.4 Å². The van der Waals surface area contributed by atoms with Crippen LogP contribution in [0.3, 0.4) is 0 Å². The highest BCUT2D eigenvalue weighted by atomic mass is 19.1. The zero-order valence-corrected chi connectivity index (χ0v) is 28.0. The number of carbonyl (C=O) groups is 1. The van der Waals surface area contributed by atoms with Crippen LogP contribution in [-0.2, 0) is 0 Å². The summed E-state index contributed by atoms with van der Waals surface area (Å²) in [6.45, 7) is 7.94. The highest BCUT2D eigenvalue weighted by Crippen LogP contribution is 2.21. The Kier molecular flexibility index (Phi) is 15.3. The molecule has 48 heavy (non-hydrogen) atoms. The Balaban J connectivity index is 0.992. The van der Waals surface area contributed by atoms with Crippen molar-refractivity contribution in [2.45, 2.75) is 58.3 Å². The van der Waals surface area contributed by atoms with Gasteiger partial charge in [-0.2, -0.15) is 0 Å². The zero-order valence-electron chi connectivity index (χ0n) is 28.0. The quantitative estimate of drug-likeness (QED) is 0.0481. The predicted octanol–water partition coefficient (Wildman–Crippen LogP) is 10.8. The predicted molar refractivity (Wildman–Crippen MR) is 193 cm³/mol. The van der Waals surface area contributed by atoms with Crippen molar-refractivity contribution in [3.8, 4) is 23.0 Å². The molecule has 0 aliphatic carbocycles. The van der Waals surface area contributed by atoms with Gasteiger partial charge in [0.25, 0.3) is 0 Å². The fourth-order valence-corrected chi connectivity index (χ4v) is 5.09. The molecule has 0 radical (unpaired) electrons. The molecule has 0 atom stereocenters. The number of carbonyl (C=O) groups excluding carboxylic acids is 1. The van der Waals surface area contributed by atoms with E-state index in [-0.39, 0.29) is 11.6 Å². The third-order valence-corrected chi connectivity index (χ3v) is 7.92. The fourth-order valence-electron chi connectivity index (χ4n) is 5.09. The summed E-state index contributed by atoms with van der Waals surface area (Å²) >= 11 is 0. The first-order valence-corrected chi connectivity index (χ1v) is 16.9. The summed E-state index contributed by atoms with van der Waals surface area (Å²) in [5, 5.41) is 0. The van der Waals surface area contributed by atoms with Gasteiger partial charge in [-0.05, 0) is 115 Å². The van der Waals surface area contributed by atoms with Crippen molar-refractivity contribution in [3.63, 3.8) is 0 Å². The largest absolute Gasteiger partial charge is 0.494 e. The van der Waals surface area contributed by atoms with E-state index in [0.717, 1.165) is 65.8 Å². The number of benzene rings is 4. The first-order chi connectivity index (χ1) is 23.5. The van der Waals surface area contributed by atoms with E-state index in [0.29, 0.717) is 18.8 Å². The van der Waals surface area contributed by atoms with Crippen molar-refractivity contribution in [3.05, 3.63) is 132 Å². The third-order valence-electron chi connectivity index (χ3n) is 7.92. The summed E-state index contributed by atoms with van der Waals surface area (Å²) < 4.78 is 36.5. The molecule has 0 aliphatic rings. The monoisotopic (exact) mass is 650 g/mol. The number of hydrogen-bond acceptors (Lipinski definition) is 5. The maximum absolute atomic E-state index is 13.1. The molecule has 5 nitrogen and oxygen atoms in total. The van der Waals surface area contributed by atoms with Gasteiger partial charge < -0.3 is 18.9 Å². The van der Waals surface area contributed by atoms with Crippen LogP contribution < -0.4 is 18.9 Å². The minimum Gasteiger partial charge on any atom is -0.494 e. The molecule has 0 saturated carbocycles. The second kappa shape index (κ2) is 20.4. The molecule has 0 aliphatic heterocycles. The molecule has 0 amide bonds. The number of ketones is 1. The van der Waals surface area contributed by atoms with Crippen LogP contribution in [0.25, 0.3) is 11.6 Å². The second-order valence-electron chi connectivity index (χ2n) is 11.7. The van der Waals surface area contributed by atoms with E-state index in [1.54, 1.807) is 6.08 Å². The Bertz CT molecular complexity index is 1540. The topological polar surface area (TPSA) is 54.0 Å². The van der Waals surface area contributed by atoms with Crippen molar-refractivity contribution in [1.82, 2.24) is 0 Å². The highest BCUT2D eigenvalue weighted by molar-refractivity contribution is 6.08. The van der Waals surface area contributed by atoms with E-state index < -0.39 is 0 Å². The van der Waals surface area contributed by atoms with Gasteiger partial charge in [0.2, 0.25) is 0 Å². The van der Waals surface area contributed by atoms with Gasteiger partial charge in [0, 0.05) is 5.56 Å². The number of rotatable bonds is 22. The van der Waals surface area contributed by atoms with Crippen LogP contribution in [0.4, 0.5) is 4.39 Å². The maximum Gasteiger partial charge on any atom is 0.186 e. The van der Waals surface area contributed by atoms with E-state index in [9.17, 15) is 9.18 Å². The number of allylic oxidation sites excluding steroid dienone is 2. The first kappa shape index (κ1) is 36.0. The molecule has 6 heteroatoms. The lowest BCUT2D eigenvalue weighted by Crippen LogP contribution is -2.09. The van der Waals surface area contributed by atoms with E-state index in [2.05, 4.69) is 6.58 Å². The lowest BCUT2D eigenvalue weighted by molar-refractivity contribution is 0.104. The minimum absolute atomic E-state index is 0.164. The van der Waals surface area contributed by atoms with Gasteiger partial charge in [-0.25, -0.2) is 4.39 Å². The third kappa shape index (κ3) is 13.1. The van der Waals surface area contributed by atoms with Crippen LogP contribution in [0.15, 0.2) is 110 Å². The van der Waals surface area contributed by atoms with Gasteiger partial charge in [0.05, 0.1) is 13.2 Å². The molecular formula is C42H47FO5. The molecule has 0 spiro atoms. The molecule has 0 fully saturated rings. The number of hydrogen-bond donors (Lipinski definition) is 0. The van der Waals surface area contributed by atoms with Crippen LogP contribution in [0.5, 0.6) is 23.0 Å². The van der Waals surface area contributed by atoms with Crippen LogP contribution in [0, 0.1) is 5.82 Å². The minimum atomic E-state index is -0.365. The fraction of sp³-hybridized carbons (Fsp3) is 0.310. The van der Waals surface area contributed by atoms with Crippen LogP contribution in [-0.4, -0.2) is 32.2 Å². The van der Waals surface area contributed by atoms with Gasteiger partial charge in [0.15, 0.2) is 5.78 Å². The Hall–Kier alpha value is -4.84. The number of halogens is 1.